The van der Waals surface area contributed by atoms with Gasteiger partial charge in [0.15, 0.2) is 5.17 Å². The van der Waals surface area contributed by atoms with E-state index in [9.17, 15) is 4.79 Å². The number of amides is 1. The Hall–Kier alpha value is -2.73. The van der Waals surface area contributed by atoms with E-state index in [1.54, 1.807) is 4.90 Å². The Bertz CT molecular complexity index is 1010. The van der Waals surface area contributed by atoms with Crippen molar-refractivity contribution in [2.24, 2.45) is 4.99 Å². The molecule has 2 aromatic carbocycles. The number of carbonyl (C=O) groups is 1. The van der Waals surface area contributed by atoms with Gasteiger partial charge in [-0.25, -0.2) is 4.99 Å². The van der Waals surface area contributed by atoms with Crippen LogP contribution in [0.25, 0.3) is 6.08 Å². The molecule has 2 aromatic rings. The van der Waals surface area contributed by atoms with Crippen LogP contribution < -0.4 is 9.64 Å². The Morgan fingerprint density at radius 2 is 1.73 bits per heavy atom. The van der Waals surface area contributed by atoms with Gasteiger partial charge in [0.2, 0.25) is 0 Å². The molecule has 2 aliphatic rings. The van der Waals surface area contributed by atoms with Crippen LogP contribution in [0.2, 0.25) is 0 Å². The van der Waals surface area contributed by atoms with Crippen LogP contribution in [-0.4, -0.2) is 41.7 Å². The molecule has 0 N–H and O–H groups in total. The molecule has 4 rings (SSSR count). The molecule has 174 valence electrons. The van der Waals surface area contributed by atoms with Gasteiger partial charge in [-0.1, -0.05) is 19.1 Å². The third-order valence-corrected chi connectivity index (χ3v) is 7.10. The minimum atomic E-state index is 0.00567. The van der Waals surface area contributed by atoms with Crippen LogP contribution in [0.15, 0.2) is 58.4 Å². The van der Waals surface area contributed by atoms with Crippen LogP contribution in [0.1, 0.15) is 52.0 Å². The first-order chi connectivity index (χ1) is 16.1. The number of carbonyl (C=O) groups excluding carboxylic acids is 1. The van der Waals surface area contributed by atoms with E-state index in [2.05, 4.69) is 30.9 Å². The number of hydrogen-bond acceptors (Lipinski definition) is 5. The zero-order chi connectivity index (χ0) is 23.2. The van der Waals surface area contributed by atoms with Gasteiger partial charge in [0.1, 0.15) is 5.75 Å². The van der Waals surface area contributed by atoms with Crippen LogP contribution in [0, 0.1) is 0 Å². The van der Waals surface area contributed by atoms with Crippen LogP contribution in [-0.2, 0) is 4.79 Å². The Balaban J connectivity index is 1.48. The van der Waals surface area contributed by atoms with Gasteiger partial charge in [0, 0.05) is 25.3 Å². The van der Waals surface area contributed by atoms with E-state index in [0.717, 1.165) is 41.7 Å². The summed E-state index contributed by atoms with van der Waals surface area (Å²) in [4.78, 5) is 22.7. The molecule has 1 amide bonds. The largest absolute Gasteiger partial charge is 0.491 e. The smallest absolute Gasteiger partial charge is 0.266 e. The highest BCUT2D eigenvalue weighted by Gasteiger charge is 2.32. The van der Waals surface area contributed by atoms with Gasteiger partial charge in [-0.05, 0) is 99.3 Å². The predicted molar refractivity (Wildman–Crippen MR) is 139 cm³/mol. The zero-order valence-electron chi connectivity index (χ0n) is 19.8. The van der Waals surface area contributed by atoms with Crippen molar-refractivity contribution in [3.8, 4) is 5.75 Å². The Kier molecular flexibility index (Phi) is 7.76. The van der Waals surface area contributed by atoms with Crippen molar-refractivity contribution in [3.05, 3.63) is 59.0 Å². The molecule has 2 saturated heterocycles. The molecular weight excluding hydrogens is 430 g/mol. The highest BCUT2D eigenvalue weighted by atomic mass is 32.2. The second-order valence-electron chi connectivity index (χ2n) is 8.52. The van der Waals surface area contributed by atoms with Crippen molar-refractivity contribution in [2.75, 3.05) is 24.5 Å². The summed E-state index contributed by atoms with van der Waals surface area (Å²) in [5.74, 6) is 0.855. The summed E-state index contributed by atoms with van der Waals surface area (Å²) >= 11 is 1.44. The normalized spacial score (nSPS) is 20.0. The fraction of sp³-hybridized carbons (Fsp3) is 0.407. The van der Waals surface area contributed by atoms with E-state index in [-0.39, 0.29) is 12.0 Å². The van der Waals surface area contributed by atoms with Gasteiger partial charge in [-0.2, -0.15) is 0 Å². The maximum Gasteiger partial charge on any atom is 0.266 e. The number of benzene rings is 2. The van der Waals surface area contributed by atoms with Crippen LogP contribution >= 0.6 is 11.8 Å². The van der Waals surface area contributed by atoms with Gasteiger partial charge in [-0.3, -0.25) is 9.69 Å². The van der Waals surface area contributed by atoms with Crippen molar-refractivity contribution in [1.29, 1.82) is 0 Å². The highest BCUT2D eigenvalue weighted by molar-refractivity contribution is 8.18. The molecule has 0 unspecified atom stereocenters. The summed E-state index contributed by atoms with van der Waals surface area (Å²) in [6.07, 6.45) is 6.93. The van der Waals surface area contributed by atoms with Crippen LogP contribution in [0.5, 0.6) is 5.75 Å². The van der Waals surface area contributed by atoms with E-state index in [0.29, 0.717) is 11.4 Å². The molecule has 6 heteroatoms. The number of nitrogens with zero attached hydrogens (tertiary/aromatic N) is 3. The highest BCUT2D eigenvalue weighted by Crippen LogP contribution is 2.34. The minimum Gasteiger partial charge on any atom is -0.491 e. The Morgan fingerprint density at radius 3 is 2.36 bits per heavy atom. The summed E-state index contributed by atoms with van der Waals surface area (Å²) < 4.78 is 5.85. The van der Waals surface area contributed by atoms with Crippen LogP contribution in [0.3, 0.4) is 0 Å². The SMILES string of the molecule is CC[C@H](C)Oc1ccc(/C=C2\SC(=Nc3ccc(N4CCCCC4)cc3)N(CC)C2=O)cc1. The number of hydrogen-bond donors (Lipinski definition) is 0. The van der Waals surface area contributed by atoms with Gasteiger partial charge in [0.05, 0.1) is 16.7 Å². The van der Waals surface area contributed by atoms with Crippen LogP contribution in [0.4, 0.5) is 11.4 Å². The summed E-state index contributed by atoms with van der Waals surface area (Å²) in [5, 5.41) is 0.733. The molecule has 1 atom stereocenters. The number of likely N-dealkylation sites (N-methyl/N-ethyl adjacent to an activating group) is 1. The molecule has 0 radical (unpaired) electrons. The van der Waals surface area contributed by atoms with Crippen molar-refractivity contribution < 1.29 is 9.53 Å². The number of ether oxygens (including phenoxy) is 1. The molecule has 2 fully saturated rings. The monoisotopic (exact) mass is 463 g/mol. The molecule has 0 aromatic heterocycles. The number of amidine groups is 1. The molecule has 2 aliphatic heterocycles. The van der Waals surface area contributed by atoms with E-state index in [1.165, 1.54) is 36.7 Å². The maximum atomic E-state index is 13.0. The second-order valence-corrected chi connectivity index (χ2v) is 9.53. The molecule has 0 aliphatic carbocycles. The van der Waals surface area contributed by atoms with Crippen molar-refractivity contribution in [3.63, 3.8) is 0 Å². The number of thioether (sulfide) groups is 1. The quantitative estimate of drug-likeness (QED) is 0.441. The summed E-state index contributed by atoms with van der Waals surface area (Å²) in [6, 6.07) is 16.3. The standard InChI is InChI=1S/C27H33N3O2S/c1-4-20(3)32-24-15-9-21(10-16-24)19-25-26(31)30(5-2)27(33-25)28-22-11-13-23(14-12-22)29-17-7-6-8-18-29/h9-16,19-20H,4-8,17-18H2,1-3H3/b25-19-,28-27?/t20-/m0/s1. The van der Waals surface area contributed by atoms with E-state index in [4.69, 9.17) is 9.73 Å². The topological polar surface area (TPSA) is 45.1 Å². The average Bonchev–Trinajstić information content (AvgIpc) is 3.14. The van der Waals surface area contributed by atoms with E-state index in [1.807, 2.05) is 49.4 Å². The number of piperidine rings is 1. The van der Waals surface area contributed by atoms with Gasteiger partial charge < -0.3 is 9.64 Å². The molecule has 2 heterocycles. The lowest BCUT2D eigenvalue weighted by molar-refractivity contribution is -0.122. The van der Waals surface area contributed by atoms with Crippen molar-refractivity contribution in [2.45, 2.75) is 52.6 Å². The summed E-state index contributed by atoms with van der Waals surface area (Å²) in [5.41, 5.74) is 3.10. The first-order valence-electron chi connectivity index (χ1n) is 12.0. The number of anilines is 1. The zero-order valence-corrected chi connectivity index (χ0v) is 20.6. The maximum absolute atomic E-state index is 13.0. The molecule has 5 nitrogen and oxygen atoms in total. The number of aliphatic imine (C=N–C) groups is 1. The fourth-order valence-corrected chi connectivity index (χ4v) is 5.04. The molecule has 0 saturated carbocycles. The predicted octanol–water partition coefficient (Wildman–Crippen LogP) is 6.48. The Morgan fingerprint density at radius 1 is 1.03 bits per heavy atom. The van der Waals surface area contributed by atoms with Gasteiger partial charge >= 0.3 is 0 Å². The molecule has 33 heavy (non-hydrogen) atoms. The van der Waals surface area contributed by atoms with Crippen molar-refractivity contribution in [1.82, 2.24) is 4.90 Å². The van der Waals surface area contributed by atoms with E-state index >= 15 is 0 Å². The lowest BCUT2D eigenvalue weighted by atomic mass is 10.1. The van der Waals surface area contributed by atoms with Gasteiger partial charge in [0.25, 0.3) is 5.91 Å². The number of rotatable bonds is 7. The minimum absolute atomic E-state index is 0.00567. The average molecular weight is 464 g/mol. The third-order valence-electron chi connectivity index (χ3n) is 6.09. The van der Waals surface area contributed by atoms with E-state index < -0.39 is 0 Å². The first-order valence-corrected chi connectivity index (χ1v) is 12.8. The first kappa shape index (κ1) is 23.4. The fourth-order valence-electron chi connectivity index (χ4n) is 3.98. The lowest BCUT2D eigenvalue weighted by Gasteiger charge is -2.28. The summed E-state index contributed by atoms with van der Waals surface area (Å²) in [7, 11) is 0. The van der Waals surface area contributed by atoms with Gasteiger partial charge in [-0.15, -0.1) is 0 Å². The molecular formula is C27H33N3O2S. The lowest BCUT2D eigenvalue weighted by Crippen LogP contribution is -2.29. The molecule has 0 bridgehead atoms. The Labute approximate surface area is 201 Å². The molecule has 0 spiro atoms. The summed E-state index contributed by atoms with van der Waals surface area (Å²) in [6.45, 7) is 8.99. The third kappa shape index (κ3) is 5.80. The second kappa shape index (κ2) is 10.9. The van der Waals surface area contributed by atoms with Crippen molar-refractivity contribution >= 4 is 40.3 Å².